The average molecular weight is 388 g/mol. The zero-order valence-corrected chi connectivity index (χ0v) is 17.0. The molecule has 1 heterocycles. The summed E-state index contributed by atoms with van der Waals surface area (Å²) in [4.78, 5) is 32.5. The highest BCUT2D eigenvalue weighted by atomic mass is 16.2. The van der Waals surface area contributed by atoms with Gasteiger partial charge in [0.25, 0.3) is 5.91 Å². The standard InChI is InChI=1S/C23H24N4O2/c1-15(28)16-6-5-7-19(14-16)25-21(29)20-12-13-24-22(27-20)26-18-10-8-17(9-11-18)23(2,3)4/h5-14H,1-4H3,(H,25,29)(H,24,26,27). The van der Waals surface area contributed by atoms with Gasteiger partial charge in [0.1, 0.15) is 5.69 Å². The molecule has 0 saturated carbocycles. The summed E-state index contributed by atoms with van der Waals surface area (Å²) in [6.07, 6.45) is 1.53. The van der Waals surface area contributed by atoms with E-state index in [4.69, 9.17) is 0 Å². The molecule has 0 aliphatic heterocycles. The Morgan fingerprint density at radius 2 is 1.66 bits per heavy atom. The van der Waals surface area contributed by atoms with Gasteiger partial charge < -0.3 is 10.6 Å². The van der Waals surface area contributed by atoms with Crippen molar-refractivity contribution in [1.82, 2.24) is 9.97 Å². The average Bonchev–Trinajstić information content (AvgIpc) is 2.68. The Morgan fingerprint density at radius 1 is 0.931 bits per heavy atom. The van der Waals surface area contributed by atoms with Crippen molar-refractivity contribution >= 4 is 29.0 Å². The number of nitrogens with one attached hydrogen (secondary N) is 2. The molecule has 0 radical (unpaired) electrons. The normalized spacial score (nSPS) is 11.0. The first-order valence-corrected chi connectivity index (χ1v) is 9.35. The molecule has 2 N–H and O–H groups in total. The minimum atomic E-state index is -0.376. The van der Waals surface area contributed by atoms with Gasteiger partial charge in [0.05, 0.1) is 0 Å². The Labute approximate surface area is 170 Å². The van der Waals surface area contributed by atoms with Gasteiger partial charge in [0, 0.05) is 23.1 Å². The maximum absolute atomic E-state index is 12.5. The molecule has 6 nitrogen and oxygen atoms in total. The summed E-state index contributed by atoms with van der Waals surface area (Å²) in [7, 11) is 0. The quantitative estimate of drug-likeness (QED) is 0.603. The molecule has 0 unspecified atom stereocenters. The smallest absolute Gasteiger partial charge is 0.274 e. The Kier molecular flexibility index (Phi) is 5.73. The summed E-state index contributed by atoms with van der Waals surface area (Å²) in [5.74, 6) is -0.107. The second-order valence-electron chi connectivity index (χ2n) is 7.81. The predicted octanol–water partition coefficient (Wildman–Crippen LogP) is 4.97. The second kappa shape index (κ2) is 8.22. The molecule has 0 atom stereocenters. The highest BCUT2D eigenvalue weighted by molar-refractivity contribution is 6.04. The topological polar surface area (TPSA) is 84.0 Å². The van der Waals surface area contributed by atoms with Gasteiger partial charge in [-0.15, -0.1) is 0 Å². The van der Waals surface area contributed by atoms with E-state index in [0.29, 0.717) is 17.2 Å². The van der Waals surface area contributed by atoms with E-state index in [-0.39, 0.29) is 22.8 Å². The third-order valence-electron chi connectivity index (χ3n) is 4.42. The maximum atomic E-state index is 12.5. The third kappa shape index (κ3) is 5.25. The first-order valence-electron chi connectivity index (χ1n) is 9.35. The number of carbonyl (C=O) groups excluding carboxylic acids is 2. The lowest BCUT2D eigenvalue weighted by Gasteiger charge is -2.19. The van der Waals surface area contributed by atoms with Gasteiger partial charge in [-0.2, -0.15) is 0 Å². The molecule has 0 aliphatic rings. The molecule has 6 heteroatoms. The van der Waals surface area contributed by atoms with Crippen LogP contribution in [0.1, 0.15) is 54.1 Å². The Hall–Kier alpha value is -3.54. The minimum Gasteiger partial charge on any atom is -0.324 e. The lowest BCUT2D eigenvalue weighted by molar-refractivity contribution is 0.100. The van der Waals surface area contributed by atoms with Crippen molar-refractivity contribution < 1.29 is 9.59 Å². The molecule has 0 spiro atoms. The summed E-state index contributed by atoms with van der Waals surface area (Å²) >= 11 is 0. The number of Topliss-reactive ketones (excluding diaryl/α,β-unsaturated/α-hetero) is 1. The summed E-state index contributed by atoms with van der Waals surface area (Å²) in [5, 5.41) is 5.88. The molecule has 0 bridgehead atoms. The Morgan fingerprint density at radius 3 is 2.31 bits per heavy atom. The number of hydrogen-bond acceptors (Lipinski definition) is 5. The van der Waals surface area contributed by atoms with Gasteiger partial charge in [0.15, 0.2) is 5.78 Å². The van der Waals surface area contributed by atoms with E-state index < -0.39 is 0 Å². The highest BCUT2D eigenvalue weighted by Crippen LogP contribution is 2.24. The zero-order valence-electron chi connectivity index (χ0n) is 17.0. The van der Waals surface area contributed by atoms with Crippen LogP contribution in [-0.2, 0) is 5.41 Å². The molecular formula is C23H24N4O2. The molecule has 3 rings (SSSR count). The van der Waals surface area contributed by atoms with Crippen molar-refractivity contribution in [2.75, 3.05) is 10.6 Å². The van der Waals surface area contributed by atoms with E-state index in [1.54, 1.807) is 24.3 Å². The fraction of sp³-hybridized carbons (Fsp3) is 0.217. The van der Waals surface area contributed by atoms with Gasteiger partial charge in [-0.3, -0.25) is 9.59 Å². The molecule has 3 aromatic rings. The summed E-state index contributed by atoms with van der Waals surface area (Å²) in [6, 6.07) is 16.4. The summed E-state index contributed by atoms with van der Waals surface area (Å²) in [6.45, 7) is 7.96. The van der Waals surface area contributed by atoms with Crippen LogP contribution in [0, 0.1) is 0 Å². The second-order valence-corrected chi connectivity index (χ2v) is 7.81. The first-order chi connectivity index (χ1) is 13.7. The van der Waals surface area contributed by atoms with Crippen LogP contribution in [0.3, 0.4) is 0 Å². The van der Waals surface area contributed by atoms with E-state index in [1.165, 1.54) is 24.8 Å². The van der Waals surface area contributed by atoms with Crippen molar-refractivity contribution in [1.29, 1.82) is 0 Å². The summed E-state index contributed by atoms with van der Waals surface area (Å²) < 4.78 is 0. The van der Waals surface area contributed by atoms with Crippen LogP contribution < -0.4 is 10.6 Å². The van der Waals surface area contributed by atoms with Crippen LogP contribution in [0.15, 0.2) is 60.8 Å². The number of ketones is 1. The number of amides is 1. The first kappa shape index (κ1) is 20.2. The van der Waals surface area contributed by atoms with Gasteiger partial charge in [-0.05, 0) is 48.2 Å². The monoisotopic (exact) mass is 388 g/mol. The molecule has 148 valence electrons. The van der Waals surface area contributed by atoms with Gasteiger partial charge in [-0.1, -0.05) is 45.0 Å². The number of benzene rings is 2. The van der Waals surface area contributed by atoms with E-state index in [2.05, 4.69) is 53.5 Å². The molecule has 0 aliphatic carbocycles. The highest BCUT2D eigenvalue weighted by Gasteiger charge is 2.14. The molecule has 29 heavy (non-hydrogen) atoms. The van der Waals surface area contributed by atoms with Crippen molar-refractivity contribution in [3.63, 3.8) is 0 Å². The molecular weight excluding hydrogens is 364 g/mol. The van der Waals surface area contributed by atoms with Crippen LogP contribution >= 0.6 is 0 Å². The van der Waals surface area contributed by atoms with Crippen LogP contribution in [0.25, 0.3) is 0 Å². The molecule has 1 amide bonds. The SMILES string of the molecule is CC(=O)c1cccc(NC(=O)c2ccnc(Nc3ccc(C(C)(C)C)cc3)n2)c1. The van der Waals surface area contributed by atoms with Crippen molar-refractivity contribution in [2.45, 2.75) is 33.1 Å². The van der Waals surface area contributed by atoms with Crippen molar-refractivity contribution in [2.24, 2.45) is 0 Å². The molecule has 0 fully saturated rings. The number of rotatable bonds is 5. The maximum Gasteiger partial charge on any atom is 0.274 e. The van der Waals surface area contributed by atoms with E-state index in [1.807, 2.05) is 12.1 Å². The fourth-order valence-corrected chi connectivity index (χ4v) is 2.74. The zero-order chi connectivity index (χ0) is 21.0. The number of anilines is 3. The van der Waals surface area contributed by atoms with E-state index in [9.17, 15) is 9.59 Å². The predicted molar refractivity (Wildman–Crippen MR) is 115 cm³/mol. The van der Waals surface area contributed by atoms with Crippen LogP contribution in [0.4, 0.5) is 17.3 Å². The molecule has 2 aromatic carbocycles. The minimum absolute atomic E-state index is 0.0629. The third-order valence-corrected chi connectivity index (χ3v) is 4.42. The number of carbonyl (C=O) groups is 2. The fourth-order valence-electron chi connectivity index (χ4n) is 2.74. The van der Waals surface area contributed by atoms with Gasteiger partial charge >= 0.3 is 0 Å². The van der Waals surface area contributed by atoms with Crippen molar-refractivity contribution in [3.8, 4) is 0 Å². The van der Waals surface area contributed by atoms with Crippen LogP contribution in [0.5, 0.6) is 0 Å². The largest absolute Gasteiger partial charge is 0.324 e. The number of nitrogens with zero attached hydrogens (tertiary/aromatic N) is 2. The van der Waals surface area contributed by atoms with E-state index in [0.717, 1.165) is 5.69 Å². The Balaban J connectivity index is 1.73. The molecule has 0 saturated heterocycles. The van der Waals surface area contributed by atoms with Crippen LogP contribution in [-0.4, -0.2) is 21.7 Å². The van der Waals surface area contributed by atoms with Crippen LogP contribution in [0.2, 0.25) is 0 Å². The Bertz CT molecular complexity index is 1040. The number of hydrogen-bond donors (Lipinski definition) is 2. The lowest BCUT2D eigenvalue weighted by atomic mass is 9.87. The van der Waals surface area contributed by atoms with E-state index >= 15 is 0 Å². The summed E-state index contributed by atoms with van der Waals surface area (Å²) in [5.41, 5.74) is 3.43. The lowest BCUT2D eigenvalue weighted by Crippen LogP contribution is -2.15. The van der Waals surface area contributed by atoms with Gasteiger partial charge in [0.2, 0.25) is 5.95 Å². The van der Waals surface area contributed by atoms with Crippen molar-refractivity contribution in [3.05, 3.63) is 77.6 Å². The van der Waals surface area contributed by atoms with Gasteiger partial charge in [-0.25, -0.2) is 9.97 Å². The number of aromatic nitrogens is 2. The molecule has 1 aromatic heterocycles.